The largest absolute Gasteiger partial charge is 0.497 e. The van der Waals surface area contributed by atoms with Gasteiger partial charge in [-0.15, -0.1) is 0 Å². The summed E-state index contributed by atoms with van der Waals surface area (Å²) in [5.41, 5.74) is 2.33. The zero-order valence-electron chi connectivity index (χ0n) is 13.8. The first-order valence-corrected chi connectivity index (χ1v) is 7.62. The van der Waals surface area contributed by atoms with Crippen molar-refractivity contribution in [3.05, 3.63) is 54.1 Å². The molecule has 0 saturated heterocycles. The van der Waals surface area contributed by atoms with Crippen LogP contribution in [0.3, 0.4) is 0 Å². The topological polar surface area (TPSA) is 79.5 Å². The minimum absolute atomic E-state index is 0.0806. The van der Waals surface area contributed by atoms with Crippen LogP contribution < -0.4 is 20.7 Å². The monoisotopic (exact) mass is 327 g/mol. The van der Waals surface area contributed by atoms with Crippen LogP contribution >= 0.6 is 0 Å². The lowest BCUT2D eigenvalue weighted by Crippen LogP contribution is -2.24. The number of hydrogen-bond acceptors (Lipinski definition) is 3. The first-order chi connectivity index (χ1) is 11.6. The van der Waals surface area contributed by atoms with Gasteiger partial charge < -0.3 is 20.7 Å². The SMILES string of the molecule is CNC(=O)Nc1cccc(NC(=O)CCc2ccc(OC)cc2)c1. The van der Waals surface area contributed by atoms with E-state index in [4.69, 9.17) is 4.74 Å². The molecule has 126 valence electrons. The smallest absolute Gasteiger partial charge is 0.318 e. The second-order valence-electron chi connectivity index (χ2n) is 5.18. The summed E-state index contributed by atoms with van der Waals surface area (Å²) in [6, 6.07) is 14.3. The van der Waals surface area contributed by atoms with Crippen molar-refractivity contribution in [2.24, 2.45) is 0 Å². The molecule has 24 heavy (non-hydrogen) atoms. The number of carbonyl (C=O) groups excluding carboxylic acids is 2. The Labute approximate surface area is 141 Å². The van der Waals surface area contributed by atoms with Gasteiger partial charge in [0, 0.05) is 24.8 Å². The van der Waals surface area contributed by atoms with Gasteiger partial charge in [0.25, 0.3) is 0 Å². The van der Waals surface area contributed by atoms with Crippen LogP contribution in [0.5, 0.6) is 5.75 Å². The quantitative estimate of drug-likeness (QED) is 0.763. The normalized spacial score (nSPS) is 9.92. The van der Waals surface area contributed by atoms with E-state index in [-0.39, 0.29) is 11.9 Å². The Kier molecular flexibility index (Phi) is 6.19. The van der Waals surface area contributed by atoms with Crippen molar-refractivity contribution in [2.75, 3.05) is 24.8 Å². The molecule has 0 heterocycles. The van der Waals surface area contributed by atoms with Gasteiger partial charge in [-0.1, -0.05) is 18.2 Å². The van der Waals surface area contributed by atoms with Crippen molar-refractivity contribution in [1.82, 2.24) is 5.32 Å². The molecule has 3 amide bonds. The Hall–Kier alpha value is -3.02. The molecule has 0 atom stereocenters. The second kappa shape index (κ2) is 8.57. The van der Waals surface area contributed by atoms with Crippen molar-refractivity contribution in [3.63, 3.8) is 0 Å². The Balaban J connectivity index is 1.87. The van der Waals surface area contributed by atoms with E-state index in [1.54, 1.807) is 38.4 Å². The summed E-state index contributed by atoms with van der Waals surface area (Å²) in [4.78, 5) is 23.4. The average Bonchev–Trinajstić information content (AvgIpc) is 2.60. The summed E-state index contributed by atoms with van der Waals surface area (Å²) in [5.74, 6) is 0.714. The van der Waals surface area contributed by atoms with E-state index in [0.717, 1.165) is 11.3 Å². The van der Waals surface area contributed by atoms with Gasteiger partial charge in [-0.2, -0.15) is 0 Å². The van der Waals surface area contributed by atoms with Gasteiger partial charge in [-0.3, -0.25) is 4.79 Å². The minimum Gasteiger partial charge on any atom is -0.497 e. The summed E-state index contributed by atoms with van der Waals surface area (Å²) in [5, 5.41) is 7.97. The van der Waals surface area contributed by atoms with Crippen LogP contribution in [0, 0.1) is 0 Å². The highest BCUT2D eigenvalue weighted by atomic mass is 16.5. The van der Waals surface area contributed by atoms with Gasteiger partial charge in [0.05, 0.1) is 7.11 Å². The third-order valence-electron chi connectivity index (χ3n) is 3.43. The van der Waals surface area contributed by atoms with Crippen molar-refractivity contribution >= 4 is 23.3 Å². The predicted octanol–water partition coefficient (Wildman–Crippen LogP) is 3.02. The molecule has 3 N–H and O–H groups in total. The predicted molar refractivity (Wildman–Crippen MR) is 94.5 cm³/mol. The molecule has 2 aromatic rings. The molecule has 0 fully saturated rings. The molecular formula is C18H21N3O3. The van der Waals surface area contributed by atoms with Crippen LogP contribution in [-0.4, -0.2) is 26.1 Å². The number of nitrogens with one attached hydrogen (secondary N) is 3. The van der Waals surface area contributed by atoms with Gasteiger partial charge in [0.1, 0.15) is 5.75 Å². The number of urea groups is 1. The number of amides is 3. The summed E-state index contributed by atoms with van der Waals surface area (Å²) in [7, 11) is 3.16. The van der Waals surface area contributed by atoms with Crippen LogP contribution in [0.2, 0.25) is 0 Å². The lowest BCUT2D eigenvalue weighted by molar-refractivity contribution is -0.116. The maximum Gasteiger partial charge on any atom is 0.318 e. The van der Waals surface area contributed by atoms with Gasteiger partial charge in [0.15, 0.2) is 0 Å². The van der Waals surface area contributed by atoms with Crippen molar-refractivity contribution in [2.45, 2.75) is 12.8 Å². The molecule has 0 aromatic heterocycles. The van der Waals surface area contributed by atoms with Crippen LogP contribution in [0.15, 0.2) is 48.5 Å². The molecule has 0 aliphatic heterocycles. The van der Waals surface area contributed by atoms with Gasteiger partial charge in [-0.05, 0) is 42.3 Å². The van der Waals surface area contributed by atoms with Crippen LogP contribution in [0.25, 0.3) is 0 Å². The zero-order chi connectivity index (χ0) is 17.4. The molecule has 2 rings (SSSR count). The molecule has 0 aliphatic carbocycles. The lowest BCUT2D eigenvalue weighted by Gasteiger charge is -2.09. The second-order valence-corrected chi connectivity index (χ2v) is 5.18. The fraction of sp³-hybridized carbons (Fsp3) is 0.222. The number of benzene rings is 2. The third kappa shape index (κ3) is 5.31. The Morgan fingerprint density at radius 3 is 2.29 bits per heavy atom. The number of rotatable bonds is 6. The molecule has 0 saturated carbocycles. The summed E-state index contributed by atoms with van der Waals surface area (Å²) in [6.07, 6.45) is 1.02. The highest BCUT2D eigenvalue weighted by Gasteiger charge is 2.05. The number of anilines is 2. The summed E-state index contributed by atoms with van der Waals surface area (Å²) >= 11 is 0. The standard InChI is InChI=1S/C18H21N3O3/c1-19-18(23)21-15-5-3-4-14(12-15)20-17(22)11-8-13-6-9-16(24-2)10-7-13/h3-7,9-10,12H,8,11H2,1-2H3,(H,20,22)(H2,19,21,23). The van der Waals surface area contributed by atoms with Gasteiger partial charge in [-0.25, -0.2) is 4.79 Å². The molecule has 6 heteroatoms. The molecule has 0 radical (unpaired) electrons. The maximum atomic E-state index is 12.1. The molecule has 0 unspecified atom stereocenters. The van der Waals surface area contributed by atoms with Gasteiger partial charge >= 0.3 is 6.03 Å². The first kappa shape index (κ1) is 17.3. The maximum absolute atomic E-state index is 12.1. The van der Waals surface area contributed by atoms with Crippen molar-refractivity contribution < 1.29 is 14.3 Å². The van der Waals surface area contributed by atoms with E-state index in [0.29, 0.717) is 24.2 Å². The van der Waals surface area contributed by atoms with E-state index in [2.05, 4.69) is 16.0 Å². The zero-order valence-corrected chi connectivity index (χ0v) is 13.8. The van der Waals surface area contributed by atoms with Crippen molar-refractivity contribution in [1.29, 1.82) is 0 Å². The molecular weight excluding hydrogens is 306 g/mol. The molecule has 0 spiro atoms. The number of ether oxygens (including phenoxy) is 1. The Morgan fingerprint density at radius 1 is 1.00 bits per heavy atom. The van der Waals surface area contributed by atoms with Crippen LogP contribution in [0.4, 0.5) is 16.2 Å². The molecule has 6 nitrogen and oxygen atoms in total. The van der Waals surface area contributed by atoms with Crippen LogP contribution in [0.1, 0.15) is 12.0 Å². The minimum atomic E-state index is -0.307. The average molecular weight is 327 g/mol. The molecule has 2 aromatic carbocycles. The molecule has 0 bridgehead atoms. The highest BCUT2D eigenvalue weighted by molar-refractivity contribution is 5.93. The van der Waals surface area contributed by atoms with E-state index in [1.807, 2.05) is 24.3 Å². The van der Waals surface area contributed by atoms with Crippen molar-refractivity contribution in [3.8, 4) is 5.75 Å². The first-order valence-electron chi connectivity index (χ1n) is 7.62. The molecule has 0 aliphatic rings. The highest BCUT2D eigenvalue weighted by Crippen LogP contribution is 2.16. The van der Waals surface area contributed by atoms with Crippen LogP contribution in [-0.2, 0) is 11.2 Å². The van der Waals surface area contributed by atoms with Gasteiger partial charge in [0.2, 0.25) is 5.91 Å². The van der Waals surface area contributed by atoms with E-state index < -0.39 is 0 Å². The summed E-state index contributed by atoms with van der Waals surface area (Å²) in [6.45, 7) is 0. The fourth-order valence-corrected chi connectivity index (χ4v) is 2.14. The Morgan fingerprint density at radius 2 is 1.67 bits per heavy atom. The number of hydrogen-bond donors (Lipinski definition) is 3. The number of aryl methyl sites for hydroxylation is 1. The van der Waals surface area contributed by atoms with E-state index >= 15 is 0 Å². The summed E-state index contributed by atoms with van der Waals surface area (Å²) < 4.78 is 5.11. The number of carbonyl (C=O) groups is 2. The lowest BCUT2D eigenvalue weighted by atomic mass is 10.1. The van der Waals surface area contributed by atoms with E-state index in [1.165, 1.54) is 0 Å². The number of methoxy groups -OCH3 is 1. The Bertz CT molecular complexity index is 699. The van der Waals surface area contributed by atoms with E-state index in [9.17, 15) is 9.59 Å². The third-order valence-corrected chi connectivity index (χ3v) is 3.43. The fourth-order valence-electron chi connectivity index (χ4n) is 2.14.